The minimum Gasteiger partial charge on any atom is -0.368 e. The van der Waals surface area contributed by atoms with Crippen LogP contribution in [0.5, 0.6) is 0 Å². The average molecular weight is 319 g/mol. The van der Waals surface area contributed by atoms with E-state index in [1.165, 1.54) is 0 Å². The summed E-state index contributed by atoms with van der Waals surface area (Å²) in [5.41, 5.74) is 1.86. The molecule has 2 rings (SSSR count). The molecule has 1 fully saturated rings. The molecule has 7 nitrogen and oxygen atoms in total. The molecule has 1 aliphatic heterocycles. The number of anilines is 2. The number of rotatable bonds is 4. The highest BCUT2D eigenvalue weighted by atomic mass is 16.2. The fraction of sp³-hybridized carbons (Fsp3) is 0.500. The molecule has 3 N–H and O–H groups in total. The van der Waals surface area contributed by atoms with Crippen LogP contribution in [0.1, 0.15) is 13.8 Å². The first-order valence-electron chi connectivity index (χ1n) is 8.06. The molecule has 0 aromatic heterocycles. The molecule has 23 heavy (non-hydrogen) atoms. The van der Waals surface area contributed by atoms with E-state index in [0.717, 1.165) is 24.5 Å². The van der Waals surface area contributed by atoms with Gasteiger partial charge < -0.3 is 25.8 Å². The van der Waals surface area contributed by atoms with Crippen molar-refractivity contribution in [2.45, 2.75) is 13.8 Å². The summed E-state index contributed by atoms with van der Waals surface area (Å²) in [5, 5.41) is 8.30. The summed E-state index contributed by atoms with van der Waals surface area (Å²) in [4.78, 5) is 27.3. The maximum Gasteiger partial charge on any atom is 0.319 e. The van der Waals surface area contributed by atoms with Crippen molar-refractivity contribution in [3.63, 3.8) is 0 Å². The van der Waals surface area contributed by atoms with Gasteiger partial charge in [0.15, 0.2) is 0 Å². The Labute approximate surface area is 137 Å². The Morgan fingerprint density at radius 1 is 0.957 bits per heavy atom. The average Bonchev–Trinajstić information content (AvgIpc) is 2.56. The van der Waals surface area contributed by atoms with Crippen LogP contribution in [0, 0.1) is 0 Å². The SMILES string of the molecule is CCNC(=O)Nc1ccc(N2CCN(C(=O)NCC)CC2)cc1. The summed E-state index contributed by atoms with van der Waals surface area (Å²) in [6.07, 6.45) is 0. The molecule has 1 saturated heterocycles. The van der Waals surface area contributed by atoms with Crippen molar-refractivity contribution in [2.75, 3.05) is 49.5 Å². The Hall–Kier alpha value is -2.44. The lowest BCUT2D eigenvalue weighted by atomic mass is 10.2. The molecule has 1 heterocycles. The zero-order chi connectivity index (χ0) is 16.7. The molecule has 0 atom stereocenters. The first-order valence-corrected chi connectivity index (χ1v) is 8.06. The number of nitrogens with one attached hydrogen (secondary N) is 3. The van der Waals surface area contributed by atoms with Crippen LogP contribution in [0.3, 0.4) is 0 Å². The number of amides is 4. The van der Waals surface area contributed by atoms with Crippen molar-refractivity contribution in [3.05, 3.63) is 24.3 Å². The first kappa shape index (κ1) is 16.9. The van der Waals surface area contributed by atoms with Crippen molar-refractivity contribution < 1.29 is 9.59 Å². The molecule has 0 bridgehead atoms. The van der Waals surface area contributed by atoms with Gasteiger partial charge in [-0.1, -0.05) is 0 Å². The summed E-state index contributed by atoms with van der Waals surface area (Å²) >= 11 is 0. The third kappa shape index (κ3) is 4.77. The second-order valence-corrected chi connectivity index (χ2v) is 5.34. The van der Waals surface area contributed by atoms with Gasteiger partial charge in [0.1, 0.15) is 0 Å². The molecular weight excluding hydrogens is 294 g/mol. The van der Waals surface area contributed by atoms with Crippen LogP contribution in [0.4, 0.5) is 21.0 Å². The van der Waals surface area contributed by atoms with Crippen molar-refractivity contribution in [1.82, 2.24) is 15.5 Å². The predicted molar refractivity (Wildman–Crippen MR) is 92.0 cm³/mol. The highest BCUT2D eigenvalue weighted by molar-refractivity contribution is 5.89. The lowest BCUT2D eigenvalue weighted by Gasteiger charge is -2.36. The number of carbonyl (C=O) groups is 2. The Kier molecular flexibility index (Phi) is 6.08. The number of nitrogens with zero attached hydrogens (tertiary/aromatic N) is 2. The zero-order valence-electron chi connectivity index (χ0n) is 13.8. The molecule has 1 aromatic rings. The van der Waals surface area contributed by atoms with Crippen LogP contribution in [0.2, 0.25) is 0 Å². The van der Waals surface area contributed by atoms with Gasteiger partial charge in [0.05, 0.1) is 0 Å². The van der Waals surface area contributed by atoms with Gasteiger partial charge in [0.25, 0.3) is 0 Å². The number of urea groups is 2. The van der Waals surface area contributed by atoms with E-state index >= 15 is 0 Å². The van der Waals surface area contributed by atoms with Crippen LogP contribution in [0.15, 0.2) is 24.3 Å². The van der Waals surface area contributed by atoms with E-state index in [-0.39, 0.29) is 12.1 Å². The van der Waals surface area contributed by atoms with Gasteiger partial charge in [-0.15, -0.1) is 0 Å². The second-order valence-electron chi connectivity index (χ2n) is 5.34. The minimum atomic E-state index is -0.198. The van der Waals surface area contributed by atoms with E-state index in [0.29, 0.717) is 26.2 Å². The summed E-state index contributed by atoms with van der Waals surface area (Å²) in [6, 6.07) is 7.57. The monoisotopic (exact) mass is 319 g/mol. The molecule has 0 aliphatic carbocycles. The highest BCUT2D eigenvalue weighted by Gasteiger charge is 2.20. The van der Waals surface area contributed by atoms with Crippen LogP contribution < -0.4 is 20.9 Å². The molecule has 0 spiro atoms. The third-order valence-corrected chi connectivity index (χ3v) is 3.72. The van der Waals surface area contributed by atoms with Crippen molar-refractivity contribution in [2.24, 2.45) is 0 Å². The Morgan fingerprint density at radius 3 is 2.13 bits per heavy atom. The molecule has 1 aliphatic rings. The van der Waals surface area contributed by atoms with Gasteiger partial charge in [-0.3, -0.25) is 0 Å². The van der Waals surface area contributed by atoms with E-state index in [2.05, 4.69) is 20.9 Å². The number of carbonyl (C=O) groups excluding carboxylic acids is 2. The van der Waals surface area contributed by atoms with Crippen molar-refractivity contribution in [3.8, 4) is 0 Å². The zero-order valence-corrected chi connectivity index (χ0v) is 13.8. The second kappa shape index (κ2) is 8.26. The van der Waals surface area contributed by atoms with Crippen molar-refractivity contribution in [1.29, 1.82) is 0 Å². The summed E-state index contributed by atoms with van der Waals surface area (Å²) in [6.45, 7) is 8.09. The van der Waals surface area contributed by atoms with Gasteiger partial charge in [0, 0.05) is 50.6 Å². The van der Waals surface area contributed by atoms with Crippen molar-refractivity contribution >= 4 is 23.4 Å². The first-order chi connectivity index (χ1) is 11.1. The van der Waals surface area contributed by atoms with Crippen LogP contribution in [-0.4, -0.2) is 56.2 Å². The van der Waals surface area contributed by atoms with Crippen LogP contribution >= 0.6 is 0 Å². The van der Waals surface area contributed by atoms with E-state index in [1.54, 1.807) is 0 Å². The topological polar surface area (TPSA) is 76.7 Å². The molecule has 0 unspecified atom stereocenters. The predicted octanol–water partition coefficient (Wildman–Crippen LogP) is 1.68. The fourth-order valence-electron chi connectivity index (χ4n) is 2.52. The Morgan fingerprint density at radius 2 is 1.57 bits per heavy atom. The Bertz CT molecular complexity index is 524. The smallest absolute Gasteiger partial charge is 0.319 e. The molecule has 0 saturated carbocycles. The maximum absolute atomic E-state index is 11.8. The van der Waals surface area contributed by atoms with Gasteiger partial charge >= 0.3 is 12.1 Å². The summed E-state index contributed by atoms with van der Waals surface area (Å²) in [5.74, 6) is 0. The van der Waals surface area contributed by atoms with Gasteiger partial charge in [-0.25, -0.2) is 9.59 Å². The Balaban J connectivity index is 1.86. The molecule has 126 valence electrons. The number of hydrogen-bond acceptors (Lipinski definition) is 3. The minimum absolute atomic E-state index is 0.00799. The van der Waals surface area contributed by atoms with E-state index in [1.807, 2.05) is 43.0 Å². The number of hydrogen-bond donors (Lipinski definition) is 3. The lowest BCUT2D eigenvalue weighted by molar-refractivity contribution is 0.195. The molecule has 1 aromatic carbocycles. The fourth-order valence-corrected chi connectivity index (χ4v) is 2.52. The molecule has 7 heteroatoms. The van der Waals surface area contributed by atoms with Crippen LogP contribution in [-0.2, 0) is 0 Å². The van der Waals surface area contributed by atoms with Gasteiger partial charge in [-0.2, -0.15) is 0 Å². The number of benzene rings is 1. The third-order valence-electron chi connectivity index (χ3n) is 3.72. The van der Waals surface area contributed by atoms with E-state index in [9.17, 15) is 9.59 Å². The summed E-state index contributed by atoms with van der Waals surface area (Å²) in [7, 11) is 0. The largest absolute Gasteiger partial charge is 0.368 e. The molecule has 4 amide bonds. The van der Waals surface area contributed by atoms with Gasteiger partial charge in [0.2, 0.25) is 0 Å². The summed E-state index contributed by atoms with van der Waals surface area (Å²) < 4.78 is 0. The van der Waals surface area contributed by atoms with E-state index < -0.39 is 0 Å². The number of piperazine rings is 1. The lowest BCUT2D eigenvalue weighted by Crippen LogP contribution is -2.51. The standard InChI is InChI=1S/C16H25N5O2/c1-3-17-15(22)19-13-5-7-14(8-6-13)20-9-11-21(12-10-20)16(23)18-4-2/h5-8H,3-4,9-12H2,1-2H3,(H,18,23)(H2,17,19,22). The van der Waals surface area contributed by atoms with E-state index in [4.69, 9.17) is 0 Å². The van der Waals surface area contributed by atoms with Gasteiger partial charge in [-0.05, 0) is 38.1 Å². The maximum atomic E-state index is 11.8. The quantitative estimate of drug-likeness (QED) is 0.790. The van der Waals surface area contributed by atoms with Crippen LogP contribution in [0.25, 0.3) is 0 Å². The molecule has 0 radical (unpaired) electrons. The molecular formula is C16H25N5O2. The highest BCUT2D eigenvalue weighted by Crippen LogP contribution is 2.19. The normalized spacial score (nSPS) is 14.3.